The lowest BCUT2D eigenvalue weighted by atomic mass is 10.1. The number of halogens is 1. The Kier molecular flexibility index (Phi) is 6.58. The first-order chi connectivity index (χ1) is 13.2. The molecule has 27 heavy (non-hydrogen) atoms. The summed E-state index contributed by atoms with van der Waals surface area (Å²) in [6.07, 6.45) is 5.02. The van der Waals surface area contributed by atoms with Crippen LogP contribution in [0.5, 0.6) is 0 Å². The summed E-state index contributed by atoms with van der Waals surface area (Å²) in [7, 11) is 0. The Hall–Kier alpha value is -2.69. The molecule has 2 aromatic carbocycles. The molecule has 0 saturated carbocycles. The van der Waals surface area contributed by atoms with Gasteiger partial charge in [0.25, 0.3) is 5.91 Å². The fourth-order valence-corrected chi connectivity index (χ4v) is 3.28. The number of nitrogens with zero attached hydrogens (tertiary/aromatic N) is 2. The van der Waals surface area contributed by atoms with E-state index in [9.17, 15) is 9.18 Å². The molecule has 0 fully saturated rings. The van der Waals surface area contributed by atoms with Crippen LogP contribution in [0.1, 0.15) is 48.8 Å². The van der Waals surface area contributed by atoms with E-state index in [-0.39, 0.29) is 11.7 Å². The van der Waals surface area contributed by atoms with Crippen LogP contribution in [0.25, 0.3) is 11.0 Å². The lowest BCUT2D eigenvalue weighted by Gasteiger charge is -2.08. The second kappa shape index (κ2) is 9.31. The van der Waals surface area contributed by atoms with Gasteiger partial charge >= 0.3 is 0 Å². The summed E-state index contributed by atoms with van der Waals surface area (Å²) in [5.74, 6) is 0.661. The van der Waals surface area contributed by atoms with Gasteiger partial charge in [-0.25, -0.2) is 9.37 Å². The van der Waals surface area contributed by atoms with Crippen molar-refractivity contribution < 1.29 is 9.18 Å². The maximum atomic E-state index is 12.9. The maximum absolute atomic E-state index is 12.9. The quantitative estimate of drug-likeness (QED) is 0.556. The van der Waals surface area contributed by atoms with Gasteiger partial charge in [0.2, 0.25) is 0 Å². The van der Waals surface area contributed by atoms with Crippen LogP contribution in [0.4, 0.5) is 4.39 Å². The molecule has 0 aliphatic heterocycles. The minimum atomic E-state index is -0.333. The topological polar surface area (TPSA) is 46.9 Å². The Labute approximate surface area is 159 Å². The molecule has 3 aromatic rings. The zero-order valence-corrected chi connectivity index (χ0v) is 15.7. The highest BCUT2D eigenvalue weighted by atomic mass is 19.1. The monoisotopic (exact) mass is 367 g/mol. The molecule has 5 heteroatoms. The molecule has 0 saturated heterocycles. The number of unbranched alkanes of at least 4 members (excludes halogenated alkanes) is 2. The number of para-hydroxylation sites is 2. The van der Waals surface area contributed by atoms with Gasteiger partial charge in [0.05, 0.1) is 11.0 Å². The van der Waals surface area contributed by atoms with Crippen molar-refractivity contribution in [2.24, 2.45) is 0 Å². The molecule has 0 unspecified atom stereocenters. The lowest BCUT2D eigenvalue weighted by molar-refractivity contribution is 0.0953. The molecule has 0 spiro atoms. The van der Waals surface area contributed by atoms with E-state index in [1.165, 1.54) is 29.8 Å². The van der Waals surface area contributed by atoms with Crippen LogP contribution in [0.2, 0.25) is 0 Å². The zero-order valence-electron chi connectivity index (χ0n) is 15.7. The molecule has 1 aromatic heterocycles. The van der Waals surface area contributed by atoms with Crippen LogP contribution in [0.15, 0.2) is 48.5 Å². The van der Waals surface area contributed by atoms with Gasteiger partial charge in [-0.2, -0.15) is 0 Å². The van der Waals surface area contributed by atoms with Gasteiger partial charge in [0.1, 0.15) is 11.6 Å². The third kappa shape index (κ3) is 4.94. The molecule has 1 N–H and O–H groups in total. The maximum Gasteiger partial charge on any atom is 0.251 e. The van der Waals surface area contributed by atoms with E-state index in [1.54, 1.807) is 0 Å². The van der Waals surface area contributed by atoms with Crippen LogP contribution < -0.4 is 5.32 Å². The molecule has 0 atom stereocenters. The molecule has 142 valence electrons. The molecule has 1 amide bonds. The molecule has 0 aliphatic rings. The van der Waals surface area contributed by atoms with Crippen molar-refractivity contribution in [1.82, 2.24) is 14.9 Å². The van der Waals surface area contributed by atoms with Crippen molar-refractivity contribution >= 4 is 16.9 Å². The van der Waals surface area contributed by atoms with Crippen molar-refractivity contribution in [1.29, 1.82) is 0 Å². The number of amides is 1. The Morgan fingerprint density at radius 1 is 1.07 bits per heavy atom. The minimum absolute atomic E-state index is 0.153. The van der Waals surface area contributed by atoms with Gasteiger partial charge in [0.15, 0.2) is 0 Å². The number of benzene rings is 2. The zero-order chi connectivity index (χ0) is 19.1. The molecule has 4 nitrogen and oxygen atoms in total. The largest absolute Gasteiger partial charge is 0.352 e. The van der Waals surface area contributed by atoms with Crippen molar-refractivity contribution in [2.75, 3.05) is 6.54 Å². The summed E-state index contributed by atoms with van der Waals surface area (Å²) in [6, 6.07) is 13.9. The van der Waals surface area contributed by atoms with Crippen LogP contribution in [0, 0.1) is 5.82 Å². The average Bonchev–Trinajstić information content (AvgIpc) is 3.03. The Morgan fingerprint density at radius 2 is 1.85 bits per heavy atom. The molecular weight excluding hydrogens is 341 g/mol. The summed E-state index contributed by atoms with van der Waals surface area (Å²) < 4.78 is 15.2. The predicted molar refractivity (Wildman–Crippen MR) is 106 cm³/mol. The van der Waals surface area contributed by atoms with E-state index in [2.05, 4.69) is 35.0 Å². The van der Waals surface area contributed by atoms with E-state index in [1.807, 2.05) is 6.07 Å². The Morgan fingerprint density at radius 3 is 2.63 bits per heavy atom. The van der Waals surface area contributed by atoms with Crippen molar-refractivity contribution in [3.8, 4) is 0 Å². The van der Waals surface area contributed by atoms with Crippen molar-refractivity contribution in [3.63, 3.8) is 0 Å². The number of hydrogen-bond donors (Lipinski definition) is 1. The first-order valence-electron chi connectivity index (χ1n) is 9.67. The van der Waals surface area contributed by atoms with Gasteiger partial charge < -0.3 is 9.88 Å². The fourth-order valence-electron chi connectivity index (χ4n) is 3.28. The second-order valence-electron chi connectivity index (χ2n) is 6.74. The number of carbonyl (C=O) groups is 1. The molecular formula is C22H26FN3O. The second-order valence-corrected chi connectivity index (χ2v) is 6.74. The number of imidazole rings is 1. The van der Waals surface area contributed by atoms with Gasteiger partial charge in [-0.15, -0.1) is 0 Å². The van der Waals surface area contributed by atoms with Crippen LogP contribution in [-0.2, 0) is 13.0 Å². The van der Waals surface area contributed by atoms with Gasteiger partial charge in [0, 0.05) is 25.1 Å². The van der Waals surface area contributed by atoms with E-state index in [4.69, 9.17) is 4.98 Å². The summed E-state index contributed by atoms with van der Waals surface area (Å²) in [5, 5.41) is 2.89. The fraction of sp³-hybridized carbons (Fsp3) is 0.364. The van der Waals surface area contributed by atoms with Crippen LogP contribution in [0.3, 0.4) is 0 Å². The summed E-state index contributed by atoms with van der Waals surface area (Å²) in [4.78, 5) is 16.8. The highest BCUT2D eigenvalue weighted by Crippen LogP contribution is 2.18. The number of aryl methyl sites for hydroxylation is 2. The standard InChI is InChI=1S/C22H26FN3O/c1-2-16-26-20-9-6-5-8-19(20)25-21(26)10-4-3-7-15-24-22(27)17-11-13-18(23)14-12-17/h5-6,8-9,11-14H,2-4,7,10,15-16H2,1H3,(H,24,27). The molecule has 3 rings (SSSR count). The number of hydrogen-bond acceptors (Lipinski definition) is 2. The third-order valence-electron chi connectivity index (χ3n) is 4.65. The smallest absolute Gasteiger partial charge is 0.251 e. The minimum Gasteiger partial charge on any atom is -0.352 e. The molecule has 1 heterocycles. The lowest BCUT2D eigenvalue weighted by Crippen LogP contribution is -2.24. The van der Waals surface area contributed by atoms with E-state index in [0.717, 1.165) is 50.0 Å². The summed E-state index contributed by atoms with van der Waals surface area (Å²) in [6.45, 7) is 3.80. The number of fused-ring (bicyclic) bond motifs is 1. The van der Waals surface area contributed by atoms with Crippen LogP contribution in [-0.4, -0.2) is 22.0 Å². The summed E-state index contributed by atoms with van der Waals surface area (Å²) >= 11 is 0. The van der Waals surface area contributed by atoms with Crippen molar-refractivity contribution in [2.45, 2.75) is 45.6 Å². The molecule has 0 aliphatic carbocycles. The number of aromatic nitrogens is 2. The van der Waals surface area contributed by atoms with Gasteiger partial charge in [-0.1, -0.05) is 25.5 Å². The van der Waals surface area contributed by atoms with Crippen LogP contribution >= 0.6 is 0 Å². The summed E-state index contributed by atoms with van der Waals surface area (Å²) in [5.41, 5.74) is 2.76. The average molecular weight is 367 g/mol. The normalized spacial score (nSPS) is 11.0. The van der Waals surface area contributed by atoms with Crippen molar-refractivity contribution in [3.05, 3.63) is 65.7 Å². The first-order valence-corrected chi connectivity index (χ1v) is 9.67. The van der Waals surface area contributed by atoms with Gasteiger partial charge in [-0.05, 0) is 55.7 Å². The van der Waals surface area contributed by atoms with Gasteiger partial charge in [-0.3, -0.25) is 4.79 Å². The predicted octanol–water partition coefficient (Wildman–Crippen LogP) is 4.73. The van der Waals surface area contributed by atoms with E-state index in [0.29, 0.717) is 12.1 Å². The number of rotatable bonds is 9. The Balaban J connectivity index is 1.44. The number of carbonyl (C=O) groups excluding carboxylic acids is 1. The van der Waals surface area contributed by atoms with E-state index >= 15 is 0 Å². The first kappa shape index (κ1) is 19.1. The molecule has 0 bridgehead atoms. The SMILES string of the molecule is CCCn1c(CCCCCNC(=O)c2ccc(F)cc2)nc2ccccc21. The molecule has 0 radical (unpaired) electrons. The Bertz CT molecular complexity index is 886. The third-order valence-corrected chi connectivity index (χ3v) is 4.65. The highest BCUT2D eigenvalue weighted by Gasteiger charge is 2.09. The van der Waals surface area contributed by atoms with E-state index < -0.39 is 0 Å². The number of nitrogens with one attached hydrogen (secondary N) is 1. The highest BCUT2D eigenvalue weighted by molar-refractivity contribution is 5.94.